The normalized spacial score (nSPS) is 9.93. The van der Waals surface area contributed by atoms with Crippen LogP contribution in [0, 0.1) is 0 Å². The number of Topliss-reactive ketones (excluding diaryl/α,β-unsaturated/α-hetero) is 1. The second kappa shape index (κ2) is 8.47. The van der Waals surface area contributed by atoms with Gasteiger partial charge in [-0.2, -0.15) is 0 Å². The number of ether oxygens (including phenoxy) is 1. The zero-order valence-corrected chi connectivity index (χ0v) is 14.3. The van der Waals surface area contributed by atoms with Gasteiger partial charge in [-0.15, -0.1) is 0 Å². The minimum atomic E-state index is -0.716. The van der Waals surface area contributed by atoms with Gasteiger partial charge >= 0.3 is 5.97 Å². The minimum absolute atomic E-state index is 0.113. The lowest BCUT2D eigenvalue weighted by Crippen LogP contribution is -2.14. The molecule has 0 unspecified atom stereocenters. The van der Waals surface area contributed by atoms with Crippen LogP contribution in [-0.4, -0.2) is 18.4 Å². The number of azide groups is 1. The van der Waals surface area contributed by atoms with Crippen molar-refractivity contribution in [2.24, 2.45) is 5.11 Å². The van der Waals surface area contributed by atoms with Gasteiger partial charge in [0.05, 0.1) is 11.3 Å². The van der Waals surface area contributed by atoms with Crippen LogP contribution in [0.4, 0.5) is 5.69 Å². The van der Waals surface area contributed by atoms with E-state index in [1.807, 2.05) is 42.5 Å². The number of hydrogen-bond acceptors (Lipinski definition) is 4. The van der Waals surface area contributed by atoms with Crippen molar-refractivity contribution in [3.63, 3.8) is 0 Å². The first-order chi connectivity index (χ1) is 13.2. The molecule has 0 radical (unpaired) electrons. The summed E-state index contributed by atoms with van der Waals surface area (Å²) in [6.07, 6.45) is 0. The molecule has 0 saturated carbocycles. The molecule has 0 aromatic heterocycles. The Morgan fingerprint density at radius 3 is 2.19 bits per heavy atom. The van der Waals surface area contributed by atoms with E-state index in [0.717, 1.165) is 11.1 Å². The SMILES string of the molecule is [N-]=[N+]=Nc1ccccc1C(=O)OCC(=O)c1ccc(-c2ccccc2)cc1. The number of benzene rings is 3. The maximum Gasteiger partial charge on any atom is 0.339 e. The van der Waals surface area contributed by atoms with E-state index in [0.29, 0.717) is 5.56 Å². The monoisotopic (exact) mass is 357 g/mol. The maximum atomic E-state index is 12.3. The van der Waals surface area contributed by atoms with Gasteiger partial charge < -0.3 is 4.74 Å². The van der Waals surface area contributed by atoms with Crippen LogP contribution in [0.25, 0.3) is 21.6 Å². The van der Waals surface area contributed by atoms with E-state index in [4.69, 9.17) is 10.3 Å². The van der Waals surface area contributed by atoms with Gasteiger partial charge in [0.15, 0.2) is 12.4 Å². The molecule has 0 N–H and O–H groups in total. The van der Waals surface area contributed by atoms with E-state index in [1.54, 1.807) is 24.3 Å². The standard InChI is InChI=1S/C21H15N3O3/c22-24-23-19-9-5-4-8-18(19)21(26)27-14-20(25)17-12-10-16(11-13-17)15-6-2-1-3-7-15/h1-13H,14H2. The third-order valence-corrected chi connectivity index (χ3v) is 3.92. The van der Waals surface area contributed by atoms with Gasteiger partial charge in [0, 0.05) is 10.5 Å². The van der Waals surface area contributed by atoms with Gasteiger partial charge in [-0.25, -0.2) is 4.79 Å². The van der Waals surface area contributed by atoms with E-state index >= 15 is 0 Å². The molecule has 0 spiro atoms. The van der Waals surface area contributed by atoms with Gasteiger partial charge in [-0.3, -0.25) is 4.79 Å². The van der Waals surface area contributed by atoms with Crippen molar-refractivity contribution in [2.75, 3.05) is 6.61 Å². The predicted octanol–water partition coefficient (Wildman–Crippen LogP) is 5.34. The fourth-order valence-electron chi connectivity index (χ4n) is 2.55. The topological polar surface area (TPSA) is 92.1 Å². The third kappa shape index (κ3) is 4.39. The lowest BCUT2D eigenvalue weighted by Gasteiger charge is -2.07. The van der Waals surface area contributed by atoms with E-state index in [1.165, 1.54) is 12.1 Å². The van der Waals surface area contributed by atoms with Crippen molar-refractivity contribution in [1.29, 1.82) is 0 Å². The predicted molar refractivity (Wildman–Crippen MR) is 102 cm³/mol. The molecule has 6 heteroatoms. The van der Waals surface area contributed by atoms with Gasteiger partial charge in [-0.05, 0) is 22.7 Å². The second-order valence-electron chi connectivity index (χ2n) is 5.65. The van der Waals surface area contributed by atoms with Crippen LogP contribution in [-0.2, 0) is 4.74 Å². The summed E-state index contributed by atoms with van der Waals surface area (Å²) in [4.78, 5) is 27.1. The molecule has 0 fully saturated rings. The van der Waals surface area contributed by atoms with Crippen LogP contribution in [0.5, 0.6) is 0 Å². The molecule has 0 aliphatic heterocycles. The lowest BCUT2D eigenvalue weighted by molar-refractivity contribution is 0.0475. The van der Waals surface area contributed by atoms with Crippen molar-refractivity contribution < 1.29 is 14.3 Å². The summed E-state index contributed by atoms with van der Waals surface area (Å²) in [6.45, 7) is -0.395. The van der Waals surface area contributed by atoms with Crippen LogP contribution in [0.3, 0.4) is 0 Å². The molecule has 3 rings (SSSR count). The Labute approximate surface area is 155 Å². The number of carbonyl (C=O) groups excluding carboxylic acids is 2. The van der Waals surface area contributed by atoms with E-state index < -0.39 is 12.6 Å². The van der Waals surface area contributed by atoms with Crippen LogP contribution >= 0.6 is 0 Å². The highest BCUT2D eigenvalue weighted by molar-refractivity contribution is 6.00. The molecular weight excluding hydrogens is 342 g/mol. The van der Waals surface area contributed by atoms with E-state index in [-0.39, 0.29) is 17.0 Å². The Balaban J connectivity index is 1.66. The van der Waals surface area contributed by atoms with Crippen molar-refractivity contribution in [2.45, 2.75) is 0 Å². The number of hydrogen-bond donors (Lipinski definition) is 0. The first kappa shape index (κ1) is 17.9. The first-order valence-electron chi connectivity index (χ1n) is 8.19. The average molecular weight is 357 g/mol. The molecule has 3 aromatic carbocycles. The second-order valence-corrected chi connectivity index (χ2v) is 5.65. The highest BCUT2D eigenvalue weighted by Gasteiger charge is 2.14. The Morgan fingerprint density at radius 1 is 0.852 bits per heavy atom. The van der Waals surface area contributed by atoms with Crippen LogP contribution < -0.4 is 0 Å². The largest absolute Gasteiger partial charge is 0.454 e. The molecule has 27 heavy (non-hydrogen) atoms. The smallest absolute Gasteiger partial charge is 0.339 e. The molecule has 0 bridgehead atoms. The van der Waals surface area contributed by atoms with Crippen LogP contribution in [0.1, 0.15) is 20.7 Å². The lowest BCUT2D eigenvalue weighted by atomic mass is 10.0. The molecule has 0 saturated heterocycles. The zero-order valence-electron chi connectivity index (χ0n) is 14.3. The van der Waals surface area contributed by atoms with Gasteiger partial charge in [-0.1, -0.05) is 77.9 Å². The van der Waals surface area contributed by atoms with Gasteiger partial charge in [0.1, 0.15) is 0 Å². The quantitative estimate of drug-likeness (QED) is 0.196. The zero-order chi connectivity index (χ0) is 19.1. The number of carbonyl (C=O) groups is 2. The molecule has 0 atom stereocenters. The number of nitrogens with zero attached hydrogens (tertiary/aromatic N) is 3. The van der Waals surface area contributed by atoms with Crippen LogP contribution in [0.2, 0.25) is 0 Å². The summed E-state index contributed by atoms with van der Waals surface area (Å²) in [7, 11) is 0. The summed E-state index contributed by atoms with van der Waals surface area (Å²) in [5.74, 6) is -1.03. The molecule has 132 valence electrons. The highest BCUT2D eigenvalue weighted by atomic mass is 16.5. The van der Waals surface area contributed by atoms with Crippen molar-refractivity contribution in [3.8, 4) is 11.1 Å². The van der Waals surface area contributed by atoms with Gasteiger partial charge in [0.25, 0.3) is 0 Å². The molecule has 0 heterocycles. The molecule has 3 aromatic rings. The highest BCUT2D eigenvalue weighted by Crippen LogP contribution is 2.21. The third-order valence-electron chi connectivity index (χ3n) is 3.92. The first-order valence-corrected chi connectivity index (χ1v) is 8.19. The molecule has 0 aliphatic carbocycles. The molecule has 0 amide bonds. The number of esters is 1. The summed E-state index contributed by atoms with van der Waals surface area (Å²) >= 11 is 0. The Kier molecular flexibility index (Phi) is 5.62. The minimum Gasteiger partial charge on any atom is -0.454 e. The number of rotatable bonds is 6. The average Bonchev–Trinajstić information content (AvgIpc) is 2.73. The Bertz CT molecular complexity index is 1010. The van der Waals surface area contributed by atoms with E-state index in [2.05, 4.69) is 10.0 Å². The van der Waals surface area contributed by atoms with E-state index in [9.17, 15) is 9.59 Å². The van der Waals surface area contributed by atoms with Crippen molar-refractivity contribution >= 4 is 17.4 Å². The number of ketones is 1. The summed E-state index contributed by atoms with van der Waals surface area (Å²) in [5, 5.41) is 3.45. The summed E-state index contributed by atoms with van der Waals surface area (Å²) < 4.78 is 5.07. The maximum absolute atomic E-state index is 12.3. The van der Waals surface area contributed by atoms with Crippen LogP contribution in [0.15, 0.2) is 84.0 Å². The molecule has 0 aliphatic rings. The summed E-state index contributed by atoms with van der Waals surface area (Å²) in [5.41, 5.74) is 11.3. The van der Waals surface area contributed by atoms with Crippen molar-refractivity contribution in [3.05, 3.63) is 100 Å². The van der Waals surface area contributed by atoms with Gasteiger partial charge in [0.2, 0.25) is 0 Å². The fourth-order valence-corrected chi connectivity index (χ4v) is 2.55. The fraction of sp³-hybridized carbons (Fsp3) is 0.0476. The Hall–Kier alpha value is -3.89. The molecular formula is C21H15N3O3. The Morgan fingerprint density at radius 2 is 1.48 bits per heavy atom. The van der Waals surface area contributed by atoms with Crippen molar-refractivity contribution in [1.82, 2.24) is 0 Å². The summed E-state index contributed by atoms with van der Waals surface area (Å²) in [6, 6.07) is 23.1. The molecule has 6 nitrogen and oxygen atoms in total.